The lowest BCUT2D eigenvalue weighted by molar-refractivity contribution is -0.118. The van der Waals surface area contributed by atoms with Gasteiger partial charge in [0.1, 0.15) is 0 Å². The number of nitrogens with two attached hydrogens (primary N) is 1. The minimum atomic E-state index is -0.463. The van der Waals surface area contributed by atoms with E-state index in [0.29, 0.717) is 0 Å². The van der Waals surface area contributed by atoms with Crippen LogP contribution in [0.1, 0.15) is 39.5 Å². The van der Waals surface area contributed by atoms with Gasteiger partial charge in [-0.25, -0.2) is 0 Å². The molecule has 1 atom stereocenters. The number of carbonyl (C=O) groups excluding carboxylic acids is 1. The van der Waals surface area contributed by atoms with E-state index in [4.69, 9.17) is 5.73 Å². The molecule has 116 valence electrons. The molecule has 1 aromatic carbocycles. The molecule has 1 unspecified atom stereocenters. The molecular formula is C17H27N3O. The van der Waals surface area contributed by atoms with Crippen molar-refractivity contribution in [2.75, 3.05) is 23.3 Å². The highest BCUT2D eigenvalue weighted by atomic mass is 16.2. The van der Waals surface area contributed by atoms with Crippen molar-refractivity contribution in [3.63, 3.8) is 0 Å². The Hall–Kier alpha value is -1.55. The maximum Gasteiger partial charge on any atom is 0.241 e. The van der Waals surface area contributed by atoms with Crippen LogP contribution in [-0.2, 0) is 4.79 Å². The molecule has 0 aromatic heterocycles. The monoisotopic (exact) mass is 289 g/mol. The van der Waals surface area contributed by atoms with Crippen LogP contribution in [0, 0.1) is 5.92 Å². The maximum absolute atomic E-state index is 11.9. The predicted octanol–water partition coefficient (Wildman–Crippen LogP) is 2.99. The molecule has 0 bridgehead atoms. The molecule has 0 spiro atoms. The third kappa shape index (κ3) is 4.46. The standard InChI is InChI=1S/C17H27N3O/c1-13(2)16(18)17(21)19-14-7-9-15(10-8-14)20-11-5-3-4-6-12-20/h7-10,13,16H,3-6,11-12,18H2,1-2H3,(H,19,21). The smallest absolute Gasteiger partial charge is 0.241 e. The fourth-order valence-electron chi connectivity index (χ4n) is 2.61. The summed E-state index contributed by atoms with van der Waals surface area (Å²) in [6, 6.07) is 7.63. The van der Waals surface area contributed by atoms with E-state index in [0.717, 1.165) is 18.8 Å². The van der Waals surface area contributed by atoms with E-state index in [2.05, 4.69) is 22.3 Å². The lowest BCUT2D eigenvalue weighted by Crippen LogP contribution is -2.39. The van der Waals surface area contributed by atoms with Crippen LogP contribution in [0.25, 0.3) is 0 Å². The molecule has 1 amide bonds. The zero-order valence-corrected chi connectivity index (χ0v) is 13.1. The summed E-state index contributed by atoms with van der Waals surface area (Å²) >= 11 is 0. The highest BCUT2D eigenvalue weighted by Gasteiger charge is 2.17. The first-order valence-corrected chi connectivity index (χ1v) is 7.99. The Morgan fingerprint density at radius 2 is 1.67 bits per heavy atom. The van der Waals surface area contributed by atoms with Crippen LogP contribution >= 0.6 is 0 Å². The Bertz CT molecular complexity index is 448. The number of rotatable bonds is 4. The van der Waals surface area contributed by atoms with Gasteiger partial charge in [0, 0.05) is 24.5 Å². The van der Waals surface area contributed by atoms with Gasteiger partial charge < -0.3 is 16.0 Å². The van der Waals surface area contributed by atoms with Crippen molar-refractivity contribution < 1.29 is 4.79 Å². The maximum atomic E-state index is 11.9. The fourth-order valence-corrected chi connectivity index (χ4v) is 2.61. The van der Waals surface area contributed by atoms with Crippen molar-refractivity contribution in [2.24, 2.45) is 11.7 Å². The summed E-state index contributed by atoms with van der Waals surface area (Å²) in [6.07, 6.45) is 5.19. The lowest BCUT2D eigenvalue weighted by atomic mass is 10.0. The number of amides is 1. The van der Waals surface area contributed by atoms with Crippen molar-refractivity contribution in [3.8, 4) is 0 Å². The molecule has 0 radical (unpaired) electrons. The third-order valence-corrected chi connectivity index (χ3v) is 4.13. The molecule has 1 saturated heterocycles. The highest BCUT2D eigenvalue weighted by molar-refractivity contribution is 5.94. The second-order valence-electron chi connectivity index (χ2n) is 6.21. The molecular weight excluding hydrogens is 262 g/mol. The summed E-state index contributed by atoms with van der Waals surface area (Å²) in [7, 11) is 0. The van der Waals surface area contributed by atoms with Gasteiger partial charge in [0.15, 0.2) is 0 Å². The number of anilines is 2. The predicted molar refractivity (Wildman–Crippen MR) is 88.6 cm³/mol. The number of hydrogen-bond acceptors (Lipinski definition) is 3. The quantitative estimate of drug-likeness (QED) is 0.896. The second kappa shape index (κ2) is 7.46. The average molecular weight is 289 g/mol. The Balaban J connectivity index is 1.96. The molecule has 0 saturated carbocycles. The summed E-state index contributed by atoms with van der Waals surface area (Å²) in [5.41, 5.74) is 7.91. The number of nitrogens with one attached hydrogen (secondary N) is 1. The molecule has 1 aliphatic rings. The zero-order valence-electron chi connectivity index (χ0n) is 13.1. The van der Waals surface area contributed by atoms with Gasteiger partial charge in [-0.15, -0.1) is 0 Å². The van der Waals surface area contributed by atoms with Gasteiger partial charge in [0.05, 0.1) is 6.04 Å². The summed E-state index contributed by atoms with van der Waals surface area (Å²) in [4.78, 5) is 14.4. The molecule has 3 N–H and O–H groups in total. The summed E-state index contributed by atoms with van der Waals surface area (Å²) in [5, 5.41) is 2.88. The van der Waals surface area contributed by atoms with Crippen LogP contribution < -0.4 is 16.0 Å². The zero-order chi connectivity index (χ0) is 15.2. The Morgan fingerprint density at radius 3 is 2.19 bits per heavy atom. The van der Waals surface area contributed by atoms with Gasteiger partial charge in [-0.1, -0.05) is 26.7 Å². The van der Waals surface area contributed by atoms with Crippen LogP contribution in [-0.4, -0.2) is 25.0 Å². The van der Waals surface area contributed by atoms with Crippen LogP contribution in [0.4, 0.5) is 11.4 Å². The molecule has 21 heavy (non-hydrogen) atoms. The van der Waals surface area contributed by atoms with Gasteiger partial charge in [0.25, 0.3) is 0 Å². The molecule has 4 heteroatoms. The molecule has 1 aliphatic heterocycles. The van der Waals surface area contributed by atoms with Crippen LogP contribution in [0.5, 0.6) is 0 Å². The van der Waals surface area contributed by atoms with E-state index in [1.807, 2.05) is 26.0 Å². The van der Waals surface area contributed by atoms with Crippen LogP contribution in [0.3, 0.4) is 0 Å². The summed E-state index contributed by atoms with van der Waals surface area (Å²) in [5.74, 6) is 0.0221. The van der Waals surface area contributed by atoms with Crippen molar-refractivity contribution in [3.05, 3.63) is 24.3 Å². The second-order valence-corrected chi connectivity index (χ2v) is 6.21. The fraction of sp³-hybridized carbons (Fsp3) is 0.588. The minimum absolute atomic E-state index is 0.118. The average Bonchev–Trinajstić information content (AvgIpc) is 2.76. The Labute approximate surface area is 127 Å². The minimum Gasteiger partial charge on any atom is -0.372 e. The molecule has 0 aliphatic carbocycles. The summed E-state index contributed by atoms with van der Waals surface area (Å²) < 4.78 is 0. The lowest BCUT2D eigenvalue weighted by Gasteiger charge is -2.23. The van der Waals surface area contributed by atoms with Gasteiger partial charge in [-0.05, 0) is 43.0 Å². The summed E-state index contributed by atoms with van der Waals surface area (Å²) in [6.45, 7) is 6.16. The largest absolute Gasteiger partial charge is 0.372 e. The molecule has 2 rings (SSSR count). The van der Waals surface area contributed by atoms with Gasteiger partial charge >= 0.3 is 0 Å². The number of nitrogens with zero attached hydrogens (tertiary/aromatic N) is 1. The van der Waals surface area contributed by atoms with E-state index in [-0.39, 0.29) is 11.8 Å². The van der Waals surface area contributed by atoms with E-state index < -0.39 is 6.04 Å². The number of hydrogen-bond donors (Lipinski definition) is 2. The van der Waals surface area contributed by atoms with Crippen molar-refractivity contribution in [1.29, 1.82) is 0 Å². The molecule has 4 nitrogen and oxygen atoms in total. The Kier molecular flexibility index (Phi) is 5.62. The van der Waals surface area contributed by atoms with Gasteiger partial charge in [-0.2, -0.15) is 0 Å². The SMILES string of the molecule is CC(C)C(N)C(=O)Nc1ccc(N2CCCCCC2)cc1. The van der Waals surface area contributed by atoms with Gasteiger partial charge in [0.2, 0.25) is 5.91 Å². The van der Waals surface area contributed by atoms with Gasteiger partial charge in [-0.3, -0.25) is 4.79 Å². The van der Waals surface area contributed by atoms with Crippen molar-refractivity contribution in [1.82, 2.24) is 0 Å². The van der Waals surface area contributed by atoms with Crippen molar-refractivity contribution >= 4 is 17.3 Å². The first kappa shape index (κ1) is 15.8. The van der Waals surface area contributed by atoms with Crippen molar-refractivity contribution in [2.45, 2.75) is 45.6 Å². The van der Waals surface area contributed by atoms with E-state index in [9.17, 15) is 4.79 Å². The van der Waals surface area contributed by atoms with Crippen LogP contribution in [0.2, 0.25) is 0 Å². The van der Waals surface area contributed by atoms with E-state index >= 15 is 0 Å². The topological polar surface area (TPSA) is 58.4 Å². The number of carbonyl (C=O) groups is 1. The molecule has 1 aromatic rings. The highest BCUT2D eigenvalue weighted by Crippen LogP contribution is 2.21. The number of benzene rings is 1. The molecule has 1 fully saturated rings. The Morgan fingerprint density at radius 1 is 1.10 bits per heavy atom. The first-order chi connectivity index (χ1) is 10.1. The normalized spacial score (nSPS) is 17.4. The third-order valence-electron chi connectivity index (χ3n) is 4.13. The van der Waals surface area contributed by atoms with E-state index in [1.165, 1.54) is 31.4 Å². The van der Waals surface area contributed by atoms with E-state index in [1.54, 1.807) is 0 Å². The molecule has 1 heterocycles. The van der Waals surface area contributed by atoms with Crippen LogP contribution in [0.15, 0.2) is 24.3 Å². The first-order valence-electron chi connectivity index (χ1n) is 7.99.